The number of anilines is 1. The van der Waals surface area contributed by atoms with E-state index < -0.39 is 10.0 Å². The summed E-state index contributed by atoms with van der Waals surface area (Å²) >= 11 is 0. The molecular weight excluding hydrogens is 408 g/mol. The number of carbonyl (C=O) groups excluding carboxylic acids is 1. The van der Waals surface area contributed by atoms with E-state index in [1.54, 1.807) is 0 Å². The highest BCUT2D eigenvalue weighted by Gasteiger charge is 2.32. The van der Waals surface area contributed by atoms with Gasteiger partial charge in [-0.1, -0.05) is 62.4 Å². The van der Waals surface area contributed by atoms with Gasteiger partial charge >= 0.3 is 0 Å². The van der Waals surface area contributed by atoms with Crippen molar-refractivity contribution in [2.45, 2.75) is 52.4 Å². The van der Waals surface area contributed by atoms with Gasteiger partial charge in [0.05, 0.1) is 11.7 Å². The molecule has 0 bridgehead atoms. The third-order valence-electron chi connectivity index (χ3n) is 6.11. The van der Waals surface area contributed by atoms with Crippen LogP contribution < -0.4 is 5.32 Å². The van der Waals surface area contributed by atoms with Gasteiger partial charge in [-0.15, -0.1) is 0 Å². The first-order valence-corrected chi connectivity index (χ1v) is 13.0. The van der Waals surface area contributed by atoms with Crippen LogP contribution in [0.2, 0.25) is 0 Å². The second-order valence-electron chi connectivity index (χ2n) is 8.25. The van der Waals surface area contributed by atoms with Crippen LogP contribution in [0.4, 0.5) is 5.69 Å². The molecule has 0 radical (unpaired) electrons. The summed E-state index contributed by atoms with van der Waals surface area (Å²) in [7, 11) is -3.37. The lowest BCUT2D eigenvalue weighted by atomic mass is 9.97. The summed E-state index contributed by atoms with van der Waals surface area (Å²) in [5.41, 5.74) is 4.29. The Hall–Kier alpha value is -2.18. The van der Waals surface area contributed by atoms with Gasteiger partial charge in [-0.05, 0) is 55.2 Å². The molecule has 168 valence electrons. The van der Waals surface area contributed by atoms with E-state index in [4.69, 9.17) is 0 Å². The standard InChI is InChI=1S/C25H34N2O3S/c1-3-21-14-8-15-22(4-2)24(21)26-25(28)23-16-9-17-27(19-23)31(29,30)18-10-13-20-11-6-5-7-12-20/h5-8,11-12,14-15,23H,3-4,9-10,13,16-19H2,1-2H3,(H,26,28)/t23-/m1/s1. The smallest absolute Gasteiger partial charge is 0.228 e. The number of hydrogen-bond acceptors (Lipinski definition) is 3. The number of para-hydroxylation sites is 1. The number of amides is 1. The number of piperidine rings is 1. The Morgan fingerprint density at radius 1 is 1.03 bits per heavy atom. The van der Waals surface area contributed by atoms with Gasteiger partial charge in [-0.25, -0.2) is 12.7 Å². The summed E-state index contributed by atoms with van der Waals surface area (Å²) in [4.78, 5) is 13.0. The molecule has 1 saturated heterocycles. The molecule has 0 aliphatic carbocycles. The van der Waals surface area contributed by atoms with Crippen molar-refractivity contribution in [3.8, 4) is 0 Å². The molecule has 3 rings (SSSR count). The zero-order chi connectivity index (χ0) is 22.3. The molecule has 2 aromatic rings. The van der Waals surface area contributed by atoms with Gasteiger partial charge in [0.25, 0.3) is 0 Å². The maximum Gasteiger partial charge on any atom is 0.228 e. The molecule has 0 spiro atoms. The molecule has 1 heterocycles. The van der Waals surface area contributed by atoms with Gasteiger partial charge in [-0.2, -0.15) is 0 Å². The fraction of sp³-hybridized carbons (Fsp3) is 0.480. The van der Waals surface area contributed by atoms with E-state index in [2.05, 4.69) is 19.2 Å². The van der Waals surface area contributed by atoms with Gasteiger partial charge in [0, 0.05) is 18.8 Å². The molecule has 0 aromatic heterocycles. The Bertz CT molecular complexity index is 951. The molecule has 0 unspecified atom stereocenters. The number of nitrogens with one attached hydrogen (secondary N) is 1. The summed E-state index contributed by atoms with van der Waals surface area (Å²) in [6, 6.07) is 16.0. The Kier molecular flexibility index (Phi) is 8.27. The topological polar surface area (TPSA) is 66.5 Å². The maximum absolute atomic E-state index is 13.0. The predicted molar refractivity (Wildman–Crippen MR) is 127 cm³/mol. The zero-order valence-electron chi connectivity index (χ0n) is 18.6. The lowest BCUT2D eigenvalue weighted by molar-refractivity contribution is -0.120. The number of benzene rings is 2. The summed E-state index contributed by atoms with van der Waals surface area (Å²) in [6.07, 6.45) is 4.45. The maximum atomic E-state index is 13.0. The van der Waals surface area contributed by atoms with Crippen molar-refractivity contribution in [2.24, 2.45) is 5.92 Å². The van der Waals surface area contributed by atoms with Gasteiger partial charge in [0.2, 0.25) is 15.9 Å². The normalized spacial score (nSPS) is 17.4. The van der Waals surface area contributed by atoms with E-state index in [1.165, 1.54) is 4.31 Å². The number of aryl methyl sites for hydroxylation is 3. The second kappa shape index (κ2) is 10.9. The third kappa shape index (κ3) is 6.17. The minimum atomic E-state index is -3.37. The zero-order valence-corrected chi connectivity index (χ0v) is 19.5. The average Bonchev–Trinajstić information content (AvgIpc) is 2.80. The van der Waals surface area contributed by atoms with Crippen molar-refractivity contribution >= 4 is 21.6 Å². The highest BCUT2D eigenvalue weighted by atomic mass is 32.2. The number of rotatable bonds is 9. The average molecular weight is 443 g/mol. The molecule has 2 aromatic carbocycles. The van der Waals surface area contributed by atoms with Crippen molar-refractivity contribution in [3.63, 3.8) is 0 Å². The summed E-state index contributed by atoms with van der Waals surface area (Å²) in [6.45, 7) is 4.93. The molecule has 1 atom stereocenters. The van der Waals surface area contributed by atoms with Crippen LogP contribution in [0.5, 0.6) is 0 Å². The fourth-order valence-corrected chi connectivity index (χ4v) is 5.85. The first-order valence-electron chi connectivity index (χ1n) is 11.4. The Balaban J connectivity index is 1.61. The molecule has 5 nitrogen and oxygen atoms in total. The van der Waals surface area contributed by atoms with Gasteiger partial charge in [0.15, 0.2) is 0 Å². The minimum absolute atomic E-state index is 0.0696. The van der Waals surface area contributed by atoms with Gasteiger partial charge < -0.3 is 5.32 Å². The fourth-order valence-electron chi connectivity index (χ4n) is 4.27. The minimum Gasteiger partial charge on any atom is -0.325 e. The van der Waals surface area contributed by atoms with Crippen LogP contribution in [-0.4, -0.2) is 37.5 Å². The van der Waals surface area contributed by atoms with E-state index in [0.717, 1.165) is 48.1 Å². The van der Waals surface area contributed by atoms with Gasteiger partial charge in [0.1, 0.15) is 0 Å². The molecule has 1 N–H and O–H groups in total. The third-order valence-corrected chi connectivity index (χ3v) is 8.03. The lowest BCUT2D eigenvalue weighted by Gasteiger charge is -2.31. The van der Waals surface area contributed by atoms with E-state index >= 15 is 0 Å². The molecule has 1 aliphatic rings. The monoisotopic (exact) mass is 442 g/mol. The van der Waals surface area contributed by atoms with E-state index in [-0.39, 0.29) is 24.1 Å². The summed E-state index contributed by atoms with van der Waals surface area (Å²) in [5, 5.41) is 3.13. The highest BCUT2D eigenvalue weighted by molar-refractivity contribution is 7.89. The SMILES string of the molecule is CCc1cccc(CC)c1NC(=O)[C@@H]1CCCN(S(=O)(=O)CCCc2ccccc2)C1. The van der Waals surface area contributed by atoms with Crippen molar-refractivity contribution in [3.05, 3.63) is 65.2 Å². The van der Waals surface area contributed by atoms with Crippen LogP contribution in [0.3, 0.4) is 0 Å². The Morgan fingerprint density at radius 3 is 2.35 bits per heavy atom. The van der Waals surface area contributed by atoms with Crippen molar-refractivity contribution in [1.82, 2.24) is 4.31 Å². The largest absolute Gasteiger partial charge is 0.325 e. The lowest BCUT2D eigenvalue weighted by Crippen LogP contribution is -2.44. The molecule has 1 aliphatic heterocycles. The van der Waals surface area contributed by atoms with E-state index in [9.17, 15) is 13.2 Å². The first-order chi connectivity index (χ1) is 14.9. The van der Waals surface area contributed by atoms with Crippen LogP contribution in [0.25, 0.3) is 0 Å². The molecule has 1 amide bonds. The van der Waals surface area contributed by atoms with Crippen LogP contribution >= 0.6 is 0 Å². The molecule has 0 saturated carbocycles. The van der Waals surface area contributed by atoms with Crippen molar-refractivity contribution < 1.29 is 13.2 Å². The Labute approximate surface area is 186 Å². The van der Waals surface area contributed by atoms with Crippen LogP contribution in [0.15, 0.2) is 48.5 Å². The van der Waals surface area contributed by atoms with E-state index in [0.29, 0.717) is 19.4 Å². The van der Waals surface area contributed by atoms with Crippen molar-refractivity contribution in [2.75, 3.05) is 24.2 Å². The number of nitrogens with zero attached hydrogens (tertiary/aromatic N) is 1. The first kappa shape index (κ1) is 23.5. The van der Waals surface area contributed by atoms with Crippen molar-refractivity contribution in [1.29, 1.82) is 0 Å². The Morgan fingerprint density at radius 2 is 1.71 bits per heavy atom. The summed E-state index contributed by atoms with van der Waals surface area (Å²) < 4.78 is 27.3. The molecule has 1 fully saturated rings. The second-order valence-corrected chi connectivity index (χ2v) is 10.3. The number of sulfonamides is 1. The molecule has 31 heavy (non-hydrogen) atoms. The summed E-state index contributed by atoms with van der Waals surface area (Å²) in [5.74, 6) is -0.262. The van der Waals surface area contributed by atoms with Crippen LogP contribution in [0, 0.1) is 5.92 Å². The number of hydrogen-bond donors (Lipinski definition) is 1. The molecular formula is C25H34N2O3S. The van der Waals surface area contributed by atoms with E-state index in [1.807, 2.05) is 48.5 Å². The van der Waals surface area contributed by atoms with Gasteiger partial charge in [-0.3, -0.25) is 4.79 Å². The number of carbonyl (C=O) groups is 1. The quantitative estimate of drug-likeness (QED) is 0.625. The van der Waals surface area contributed by atoms with Crippen LogP contribution in [0.1, 0.15) is 49.8 Å². The van der Waals surface area contributed by atoms with Crippen LogP contribution in [-0.2, 0) is 34.1 Å². The molecule has 6 heteroatoms. The predicted octanol–water partition coefficient (Wildman–Crippen LogP) is 4.42. The highest BCUT2D eigenvalue weighted by Crippen LogP contribution is 2.26.